The molecule has 0 aromatic heterocycles. The van der Waals surface area contributed by atoms with E-state index in [1.54, 1.807) is 0 Å². The maximum absolute atomic E-state index is 12.4. The molecule has 0 saturated heterocycles. The molecule has 2 aromatic carbocycles. The highest BCUT2D eigenvalue weighted by Crippen LogP contribution is 2.39. The summed E-state index contributed by atoms with van der Waals surface area (Å²) in [6.45, 7) is 2.61. The van der Waals surface area contributed by atoms with Crippen molar-refractivity contribution >= 4 is 29.1 Å². The monoisotopic (exact) mass is 370 g/mol. The maximum atomic E-state index is 12.4. The number of rotatable bonds is 7. The molecule has 1 aliphatic carbocycles. The van der Waals surface area contributed by atoms with Crippen LogP contribution in [0.1, 0.15) is 24.5 Å². The quantitative estimate of drug-likeness (QED) is 0.778. The molecular formula is C21H23ClN2O2. The molecule has 0 bridgehead atoms. The van der Waals surface area contributed by atoms with Crippen LogP contribution in [0, 0.1) is 11.8 Å². The van der Waals surface area contributed by atoms with Gasteiger partial charge in [-0.05, 0) is 48.6 Å². The lowest BCUT2D eigenvalue weighted by Gasteiger charge is -2.09. The molecule has 0 spiro atoms. The second kappa shape index (κ2) is 8.37. The largest absolute Gasteiger partial charge is 0.356 e. The van der Waals surface area contributed by atoms with Gasteiger partial charge in [0.05, 0.1) is 11.8 Å². The van der Waals surface area contributed by atoms with Crippen LogP contribution >= 0.6 is 11.6 Å². The highest BCUT2D eigenvalue weighted by molar-refractivity contribution is 6.30. The summed E-state index contributed by atoms with van der Waals surface area (Å²) in [7, 11) is 0. The minimum absolute atomic E-state index is 0.0390. The Morgan fingerprint density at radius 3 is 2.46 bits per heavy atom. The molecule has 2 unspecified atom stereocenters. The molecule has 2 amide bonds. The highest BCUT2D eigenvalue weighted by atomic mass is 35.5. The molecule has 4 nitrogen and oxygen atoms in total. The van der Waals surface area contributed by atoms with Crippen LogP contribution in [0.15, 0.2) is 48.5 Å². The Kier molecular flexibility index (Phi) is 5.94. The third kappa shape index (κ3) is 4.64. The second-order valence-corrected chi connectivity index (χ2v) is 7.05. The van der Waals surface area contributed by atoms with E-state index in [-0.39, 0.29) is 23.7 Å². The molecule has 0 radical (unpaired) electrons. The fourth-order valence-electron chi connectivity index (χ4n) is 3.06. The molecule has 1 fully saturated rings. The normalized spacial score (nSPS) is 18.2. The summed E-state index contributed by atoms with van der Waals surface area (Å²) in [5.41, 5.74) is 3.07. The molecule has 26 heavy (non-hydrogen) atoms. The highest BCUT2D eigenvalue weighted by Gasteiger charge is 2.47. The van der Waals surface area contributed by atoms with Crippen LogP contribution < -0.4 is 10.6 Å². The molecule has 0 heterocycles. The number of amides is 2. The van der Waals surface area contributed by atoms with Crippen molar-refractivity contribution in [1.29, 1.82) is 0 Å². The lowest BCUT2D eigenvalue weighted by molar-refractivity contribution is -0.125. The zero-order valence-electron chi connectivity index (χ0n) is 14.8. The zero-order valence-corrected chi connectivity index (χ0v) is 15.6. The van der Waals surface area contributed by atoms with E-state index in [9.17, 15) is 9.59 Å². The molecule has 2 atom stereocenters. The fourth-order valence-corrected chi connectivity index (χ4v) is 3.19. The molecular weight excluding hydrogens is 348 g/mol. The minimum Gasteiger partial charge on any atom is -0.356 e. The van der Waals surface area contributed by atoms with Gasteiger partial charge in [-0.3, -0.25) is 9.59 Å². The number of aryl methyl sites for hydroxylation is 1. The fraction of sp³-hybridized carbons (Fsp3) is 0.333. The Bertz CT molecular complexity index is 789. The first-order valence-corrected chi connectivity index (χ1v) is 9.37. The van der Waals surface area contributed by atoms with Crippen molar-refractivity contribution in [2.24, 2.45) is 11.8 Å². The van der Waals surface area contributed by atoms with Gasteiger partial charge in [0.1, 0.15) is 0 Å². The first kappa shape index (κ1) is 18.5. The van der Waals surface area contributed by atoms with E-state index in [0.717, 1.165) is 29.7 Å². The van der Waals surface area contributed by atoms with Crippen molar-refractivity contribution in [1.82, 2.24) is 5.32 Å². The van der Waals surface area contributed by atoms with Crippen LogP contribution in [0.2, 0.25) is 5.02 Å². The van der Waals surface area contributed by atoms with E-state index in [4.69, 9.17) is 11.6 Å². The number of hydrogen-bond acceptors (Lipinski definition) is 2. The second-order valence-electron chi connectivity index (χ2n) is 6.62. The number of benzene rings is 2. The SMILES string of the molecule is CCc1ccccc1NC(=O)C1CC1C(=O)NCCc1ccc(Cl)cc1. The standard InChI is InChI=1S/C21H23ClN2O2/c1-2-15-5-3-4-6-19(15)24-21(26)18-13-17(18)20(25)23-12-11-14-7-9-16(22)10-8-14/h3-10,17-18H,2,11-13H2,1H3,(H,23,25)(H,24,26). The van der Waals surface area contributed by atoms with E-state index >= 15 is 0 Å². The molecule has 2 aromatic rings. The minimum atomic E-state index is -0.226. The van der Waals surface area contributed by atoms with Crippen LogP contribution in [0.4, 0.5) is 5.69 Å². The average Bonchev–Trinajstić information content (AvgIpc) is 3.45. The first-order valence-electron chi connectivity index (χ1n) is 8.99. The molecule has 2 N–H and O–H groups in total. The zero-order chi connectivity index (χ0) is 18.5. The summed E-state index contributed by atoms with van der Waals surface area (Å²) >= 11 is 5.86. The Hall–Kier alpha value is -2.33. The van der Waals surface area contributed by atoms with E-state index in [0.29, 0.717) is 18.0 Å². The molecule has 1 aliphatic rings. The predicted octanol–water partition coefficient (Wildman–Crippen LogP) is 3.84. The third-order valence-corrected chi connectivity index (χ3v) is 5.00. The molecule has 136 valence electrons. The van der Waals surface area contributed by atoms with Gasteiger partial charge in [0.15, 0.2) is 0 Å². The number of hydrogen-bond donors (Lipinski definition) is 2. The summed E-state index contributed by atoms with van der Waals surface area (Å²) in [5.74, 6) is -0.545. The van der Waals surface area contributed by atoms with E-state index in [1.165, 1.54) is 0 Å². The van der Waals surface area contributed by atoms with Gasteiger partial charge < -0.3 is 10.6 Å². The molecule has 0 aliphatic heterocycles. The van der Waals surface area contributed by atoms with E-state index in [1.807, 2.05) is 48.5 Å². The van der Waals surface area contributed by atoms with Gasteiger partial charge in [-0.15, -0.1) is 0 Å². The Balaban J connectivity index is 1.44. The topological polar surface area (TPSA) is 58.2 Å². The van der Waals surface area contributed by atoms with Gasteiger partial charge >= 0.3 is 0 Å². The van der Waals surface area contributed by atoms with Gasteiger partial charge in [-0.2, -0.15) is 0 Å². The smallest absolute Gasteiger partial charge is 0.228 e. The van der Waals surface area contributed by atoms with Crippen LogP contribution in [0.25, 0.3) is 0 Å². The van der Waals surface area contributed by atoms with Crippen LogP contribution in [-0.4, -0.2) is 18.4 Å². The summed E-state index contributed by atoms with van der Waals surface area (Å²) in [6.07, 6.45) is 2.22. The number of anilines is 1. The van der Waals surface area contributed by atoms with E-state index < -0.39 is 0 Å². The lowest BCUT2D eigenvalue weighted by atomic mass is 10.1. The number of carbonyl (C=O) groups is 2. The van der Waals surface area contributed by atoms with Crippen molar-refractivity contribution in [3.63, 3.8) is 0 Å². The molecule has 1 saturated carbocycles. The summed E-state index contributed by atoms with van der Waals surface area (Å²) in [5, 5.41) is 6.59. The van der Waals surface area contributed by atoms with Gasteiger partial charge in [0.25, 0.3) is 0 Å². The predicted molar refractivity (Wildman–Crippen MR) is 104 cm³/mol. The van der Waals surface area contributed by atoms with Gasteiger partial charge in [0, 0.05) is 17.3 Å². The summed E-state index contributed by atoms with van der Waals surface area (Å²) < 4.78 is 0. The Morgan fingerprint density at radius 2 is 1.73 bits per heavy atom. The van der Waals surface area contributed by atoms with Crippen molar-refractivity contribution in [2.45, 2.75) is 26.2 Å². The van der Waals surface area contributed by atoms with Crippen molar-refractivity contribution < 1.29 is 9.59 Å². The Labute approximate surface area is 158 Å². The summed E-state index contributed by atoms with van der Waals surface area (Å²) in [4.78, 5) is 24.6. The number of halogens is 1. The molecule has 3 rings (SSSR count). The average molecular weight is 371 g/mol. The van der Waals surface area contributed by atoms with Gasteiger partial charge in [0.2, 0.25) is 11.8 Å². The van der Waals surface area contributed by atoms with E-state index in [2.05, 4.69) is 17.6 Å². The maximum Gasteiger partial charge on any atom is 0.228 e. The first-order chi connectivity index (χ1) is 12.6. The Morgan fingerprint density at radius 1 is 1.04 bits per heavy atom. The van der Waals surface area contributed by atoms with Crippen molar-refractivity contribution in [3.8, 4) is 0 Å². The summed E-state index contributed by atoms with van der Waals surface area (Å²) in [6, 6.07) is 15.4. The third-order valence-electron chi connectivity index (χ3n) is 4.75. The van der Waals surface area contributed by atoms with Crippen LogP contribution in [0.3, 0.4) is 0 Å². The van der Waals surface area contributed by atoms with Gasteiger partial charge in [-0.25, -0.2) is 0 Å². The van der Waals surface area contributed by atoms with Crippen LogP contribution in [0.5, 0.6) is 0 Å². The number of carbonyl (C=O) groups excluding carboxylic acids is 2. The number of nitrogens with one attached hydrogen (secondary N) is 2. The van der Waals surface area contributed by atoms with Crippen LogP contribution in [-0.2, 0) is 22.4 Å². The number of para-hydroxylation sites is 1. The van der Waals surface area contributed by atoms with Crippen molar-refractivity contribution in [2.75, 3.05) is 11.9 Å². The van der Waals surface area contributed by atoms with Gasteiger partial charge in [-0.1, -0.05) is 48.9 Å². The molecule has 5 heteroatoms. The lowest BCUT2D eigenvalue weighted by Crippen LogP contribution is -2.29. The van der Waals surface area contributed by atoms with Crippen molar-refractivity contribution in [3.05, 3.63) is 64.7 Å².